The van der Waals surface area contributed by atoms with E-state index in [1.54, 1.807) is 0 Å². The first-order chi connectivity index (χ1) is 9.65. The number of hydrogen-bond donors (Lipinski definition) is 1. The Labute approximate surface area is 123 Å². The summed E-state index contributed by atoms with van der Waals surface area (Å²) in [5.74, 6) is 1.75. The van der Waals surface area contributed by atoms with E-state index >= 15 is 0 Å². The third-order valence-electron chi connectivity index (χ3n) is 4.22. The standard InChI is InChI=1S/C18H29NO/c1-14(2)20-17-11-7-10-16(13-17)18(19)12-15-8-5-3-4-6-9-15/h7,10-11,13-15,18H,3-6,8-9,12,19H2,1-2H3. The lowest BCUT2D eigenvalue weighted by Crippen LogP contribution is -2.16. The lowest BCUT2D eigenvalue weighted by molar-refractivity contribution is 0.242. The summed E-state index contributed by atoms with van der Waals surface area (Å²) in [6, 6.07) is 8.46. The third kappa shape index (κ3) is 4.82. The molecule has 2 N–H and O–H groups in total. The zero-order chi connectivity index (χ0) is 14.4. The summed E-state index contributed by atoms with van der Waals surface area (Å²) in [4.78, 5) is 0. The molecule has 0 saturated heterocycles. The Balaban J connectivity index is 1.95. The Morgan fingerprint density at radius 2 is 1.85 bits per heavy atom. The minimum Gasteiger partial charge on any atom is -0.491 e. The van der Waals surface area contributed by atoms with Crippen molar-refractivity contribution >= 4 is 0 Å². The van der Waals surface area contributed by atoms with Gasteiger partial charge in [-0.15, -0.1) is 0 Å². The van der Waals surface area contributed by atoms with Crippen LogP contribution in [-0.4, -0.2) is 6.10 Å². The number of rotatable bonds is 5. The van der Waals surface area contributed by atoms with Crippen molar-refractivity contribution < 1.29 is 4.74 Å². The van der Waals surface area contributed by atoms with Crippen LogP contribution in [0.5, 0.6) is 5.75 Å². The van der Waals surface area contributed by atoms with Gasteiger partial charge >= 0.3 is 0 Å². The number of ether oxygens (including phenoxy) is 1. The van der Waals surface area contributed by atoms with Crippen molar-refractivity contribution in [2.24, 2.45) is 11.7 Å². The van der Waals surface area contributed by atoms with Crippen molar-refractivity contribution in [1.82, 2.24) is 0 Å². The van der Waals surface area contributed by atoms with Gasteiger partial charge in [-0.3, -0.25) is 0 Å². The van der Waals surface area contributed by atoms with Crippen LogP contribution in [0.3, 0.4) is 0 Å². The number of hydrogen-bond acceptors (Lipinski definition) is 2. The molecule has 112 valence electrons. The van der Waals surface area contributed by atoms with Gasteiger partial charge in [0.25, 0.3) is 0 Å². The van der Waals surface area contributed by atoms with Gasteiger partial charge < -0.3 is 10.5 Å². The van der Waals surface area contributed by atoms with E-state index in [1.807, 2.05) is 6.07 Å². The Bertz CT molecular complexity index is 394. The van der Waals surface area contributed by atoms with Crippen LogP contribution in [0.2, 0.25) is 0 Å². The van der Waals surface area contributed by atoms with Crippen molar-refractivity contribution in [2.45, 2.75) is 70.9 Å². The van der Waals surface area contributed by atoms with E-state index in [1.165, 1.54) is 44.1 Å². The van der Waals surface area contributed by atoms with Crippen LogP contribution in [0.25, 0.3) is 0 Å². The first kappa shape index (κ1) is 15.4. The van der Waals surface area contributed by atoms with Crippen molar-refractivity contribution in [1.29, 1.82) is 0 Å². The molecule has 1 aromatic carbocycles. The summed E-state index contributed by atoms with van der Waals surface area (Å²) in [5, 5.41) is 0. The van der Waals surface area contributed by atoms with Gasteiger partial charge in [-0.2, -0.15) is 0 Å². The molecule has 1 aliphatic rings. The number of nitrogens with two attached hydrogens (primary N) is 1. The highest BCUT2D eigenvalue weighted by Gasteiger charge is 2.17. The van der Waals surface area contributed by atoms with E-state index in [0.29, 0.717) is 0 Å². The van der Waals surface area contributed by atoms with Gasteiger partial charge in [0.05, 0.1) is 6.10 Å². The summed E-state index contributed by atoms with van der Waals surface area (Å²) >= 11 is 0. The van der Waals surface area contributed by atoms with E-state index in [4.69, 9.17) is 10.5 Å². The van der Waals surface area contributed by atoms with Crippen LogP contribution in [0.4, 0.5) is 0 Å². The first-order valence-electron chi connectivity index (χ1n) is 8.17. The Morgan fingerprint density at radius 1 is 1.15 bits per heavy atom. The molecule has 1 fully saturated rings. The fourth-order valence-electron chi connectivity index (χ4n) is 3.19. The first-order valence-corrected chi connectivity index (χ1v) is 8.17. The van der Waals surface area contributed by atoms with Crippen LogP contribution in [0.15, 0.2) is 24.3 Å². The highest BCUT2D eigenvalue weighted by molar-refractivity contribution is 5.30. The van der Waals surface area contributed by atoms with Crippen LogP contribution in [0, 0.1) is 5.92 Å². The van der Waals surface area contributed by atoms with Crippen molar-refractivity contribution in [2.75, 3.05) is 0 Å². The van der Waals surface area contributed by atoms with Crippen molar-refractivity contribution in [3.63, 3.8) is 0 Å². The second-order valence-corrected chi connectivity index (χ2v) is 6.44. The minimum absolute atomic E-state index is 0.147. The summed E-state index contributed by atoms with van der Waals surface area (Å²) < 4.78 is 5.76. The van der Waals surface area contributed by atoms with Gasteiger partial charge in [-0.1, -0.05) is 50.7 Å². The maximum Gasteiger partial charge on any atom is 0.120 e. The predicted octanol–water partition coefficient (Wildman–Crippen LogP) is 4.83. The van der Waals surface area contributed by atoms with Gasteiger partial charge in [0.15, 0.2) is 0 Å². The smallest absolute Gasteiger partial charge is 0.120 e. The van der Waals surface area contributed by atoms with E-state index < -0.39 is 0 Å². The molecule has 1 atom stereocenters. The summed E-state index contributed by atoms with van der Waals surface area (Å²) in [7, 11) is 0. The van der Waals surface area contributed by atoms with Crippen LogP contribution in [-0.2, 0) is 0 Å². The zero-order valence-electron chi connectivity index (χ0n) is 13.0. The molecule has 1 unspecified atom stereocenters. The summed E-state index contributed by atoms with van der Waals surface area (Å²) in [5.41, 5.74) is 7.64. The highest BCUT2D eigenvalue weighted by Crippen LogP contribution is 2.31. The molecule has 1 aliphatic carbocycles. The molecule has 2 heteroatoms. The molecule has 2 nitrogen and oxygen atoms in total. The maximum atomic E-state index is 6.42. The average Bonchev–Trinajstić information content (AvgIpc) is 2.67. The van der Waals surface area contributed by atoms with Crippen LogP contribution < -0.4 is 10.5 Å². The Kier molecular flexibility index (Phi) is 5.90. The lowest BCUT2D eigenvalue weighted by atomic mass is 9.90. The topological polar surface area (TPSA) is 35.2 Å². The molecule has 0 bridgehead atoms. The van der Waals surface area contributed by atoms with Gasteiger partial charge in [0.1, 0.15) is 5.75 Å². The minimum atomic E-state index is 0.147. The summed E-state index contributed by atoms with van der Waals surface area (Å²) in [6.07, 6.45) is 9.62. The molecule has 0 spiro atoms. The van der Waals surface area contributed by atoms with Gasteiger partial charge in [-0.05, 0) is 43.9 Å². The normalized spacial score (nSPS) is 18.8. The highest BCUT2D eigenvalue weighted by atomic mass is 16.5. The monoisotopic (exact) mass is 275 g/mol. The van der Waals surface area contributed by atoms with Crippen molar-refractivity contribution in [3.8, 4) is 5.75 Å². The fourth-order valence-corrected chi connectivity index (χ4v) is 3.19. The van der Waals surface area contributed by atoms with Gasteiger partial charge in [-0.25, -0.2) is 0 Å². The fraction of sp³-hybridized carbons (Fsp3) is 0.667. The SMILES string of the molecule is CC(C)Oc1cccc(C(N)CC2CCCCCC2)c1. The summed E-state index contributed by atoms with van der Waals surface area (Å²) in [6.45, 7) is 4.11. The Morgan fingerprint density at radius 3 is 2.50 bits per heavy atom. The molecule has 0 radical (unpaired) electrons. The molecule has 0 heterocycles. The molecule has 0 aliphatic heterocycles. The van der Waals surface area contributed by atoms with E-state index in [9.17, 15) is 0 Å². The predicted molar refractivity (Wildman–Crippen MR) is 84.9 cm³/mol. The van der Waals surface area contributed by atoms with Gasteiger partial charge in [0.2, 0.25) is 0 Å². The zero-order valence-corrected chi connectivity index (χ0v) is 13.0. The molecule has 1 saturated carbocycles. The molecule has 2 rings (SSSR count). The van der Waals surface area contributed by atoms with E-state index in [0.717, 1.165) is 18.1 Å². The molecule has 1 aromatic rings. The number of benzene rings is 1. The van der Waals surface area contributed by atoms with Crippen LogP contribution >= 0.6 is 0 Å². The molecule has 20 heavy (non-hydrogen) atoms. The van der Waals surface area contributed by atoms with Crippen LogP contribution in [0.1, 0.15) is 70.4 Å². The second-order valence-electron chi connectivity index (χ2n) is 6.44. The van der Waals surface area contributed by atoms with Gasteiger partial charge in [0, 0.05) is 6.04 Å². The van der Waals surface area contributed by atoms with Crippen molar-refractivity contribution in [3.05, 3.63) is 29.8 Å². The van der Waals surface area contributed by atoms with E-state index in [2.05, 4.69) is 32.0 Å². The average molecular weight is 275 g/mol. The second kappa shape index (κ2) is 7.68. The lowest BCUT2D eigenvalue weighted by Gasteiger charge is -2.20. The largest absolute Gasteiger partial charge is 0.491 e. The molecular formula is C18H29NO. The molecular weight excluding hydrogens is 246 g/mol. The molecule has 0 amide bonds. The van der Waals surface area contributed by atoms with E-state index in [-0.39, 0.29) is 12.1 Å². The Hall–Kier alpha value is -1.02. The maximum absolute atomic E-state index is 6.42. The quantitative estimate of drug-likeness (QED) is 0.781. The molecule has 0 aromatic heterocycles. The third-order valence-corrected chi connectivity index (χ3v) is 4.22.